The molecule has 1 saturated carbocycles. The van der Waals surface area contributed by atoms with Gasteiger partial charge in [0.1, 0.15) is 5.69 Å². The fraction of sp³-hybridized carbons (Fsp3) is 0.667. The molecular weight excluding hydrogens is 302 g/mol. The van der Waals surface area contributed by atoms with Gasteiger partial charge in [0.05, 0.1) is 11.2 Å². The van der Waals surface area contributed by atoms with E-state index in [9.17, 15) is 4.79 Å². The van der Waals surface area contributed by atoms with Crippen LogP contribution in [0.5, 0.6) is 0 Å². The molecule has 24 heavy (non-hydrogen) atoms. The average molecular weight is 327 g/mol. The van der Waals surface area contributed by atoms with Crippen molar-refractivity contribution >= 4 is 5.91 Å². The lowest BCUT2D eigenvalue weighted by Gasteiger charge is -2.22. The van der Waals surface area contributed by atoms with Crippen molar-refractivity contribution in [2.75, 3.05) is 6.54 Å². The van der Waals surface area contributed by atoms with E-state index >= 15 is 0 Å². The molecule has 0 unspecified atom stereocenters. The van der Waals surface area contributed by atoms with Crippen LogP contribution >= 0.6 is 0 Å². The van der Waals surface area contributed by atoms with Crippen molar-refractivity contribution in [2.45, 2.75) is 70.0 Å². The molecule has 0 spiro atoms. The molecule has 1 N–H and O–H groups in total. The Morgan fingerprint density at radius 2 is 2.12 bits per heavy atom. The highest BCUT2D eigenvalue weighted by molar-refractivity contribution is 5.92. The van der Waals surface area contributed by atoms with Crippen molar-refractivity contribution in [3.63, 3.8) is 0 Å². The average Bonchev–Trinajstić information content (AvgIpc) is 3.44. The molecule has 3 rings (SSSR count). The summed E-state index contributed by atoms with van der Waals surface area (Å²) < 4.78 is 1.84. The normalized spacial score (nSPS) is 18.2. The fourth-order valence-corrected chi connectivity index (χ4v) is 2.79. The van der Waals surface area contributed by atoms with Crippen LogP contribution in [-0.4, -0.2) is 27.9 Å². The monoisotopic (exact) mass is 327 g/mol. The van der Waals surface area contributed by atoms with Crippen LogP contribution in [0, 0.1) is 12.3 Å². The maximum Gasteiger partial charge on any atom is 0.269 e. The number of nitrogens with one attached hydrogen (secondary N) is 1. The summed E-state index contributed by atoms with van der Waals surface area (Å²) in [5, 5.41) is 15.8. The summed E-state index contributed by atoms with van der Waals surface area (Å²) in [6.07, 6.45) is 9.74. The predicted octanol–water partition coefficient (Wildman–Crippen LogP) is 3.21. The number of amides is 1. The summed E-state index contributed by atoms with van der Waals surface area (Å²) >= 11 is 0. The van der Waals surface area contributed by atoms with Crippen LogP contribution in [0.3, 0.4) is 0 Å². The number of carbonyl (C=O) groups is 1. The predicted molar refractivity (Wildman–Crippen MR) is 91.8 cm³/mol. The molecule has 0 bridgehead atoms. The molecule has 1 fully saturated rings. The molecule has 1 aromatic rings. The first-order chi connectivity index (χ1) is 11.3. The number of hydrogen-bond acceptors (Lipinski definition) is 4. The van der Waals surface area contributed by atoms with Crippen molar-refractivity contribution < 1.29 is 4.79 Å². The van der Waals surface area contributed by atoms with Crippen LogP contribution in [-0.2, 0) is 5.54 Å². The zero-order valence-electron chi connectivity index (χ0n) is 14.7. The quantitative estimate of drug-likeness (QED) is 0.781. The molecular formula is C18H25N5O. The lowest BCUT2D eigenvalue weighted by Crippen LogP contribution is -2.34. The lowest BCUT2D eigenvalue weighted by molar-refractivity contribution is 0.0933. The molecule has 0 radical (unpaired) electrons. The van der Waals surface area contributed by atoms with Crippen LogP contribution < -0.4 is 5.32 Å². The molecule has 6 nitrogen and oxygen atoms in total. The Morgan fingerprint density at radius 3 is 2.67 bits per heavy atom. The minimum atomic E-state index is -0.358. The van der Waals surface area contributed by atoms with Crippen LogP contribution in [0.15, 0.2) is 16.3 Å². The van der Waals surface area contributed by atoms with Gasteiger partial charge in [0, 0.05) is 31.7 Å². The zero-order valence-corrected chi connectivity index (χ0v) is 14.7. The van der Waals surface area contributed by atoms with Crippen molar-refractivity contribution in [2.24, 2.45) is 10.2 Å². The first-order valence-electron chi connectivity index (χ1n) is 8.61. The van der Waals surface area contributed by atoms with Gasteiger partial charge in [0.25, 0.3) is 5.91 Å². The molecule has 1 aliphatic heterocycles. The summed E-state index contributed by atoms with van der Waals surface area (Å²) in [7, 11) is 0. The van der Waals surface area contributed by atoms with E-state index in [4.69, 9.17) is 6.42 Å². The smallest absolute Gasteiger partial charge is 0.269 e. The second-order valence-corrected chi connectivity index (χ2v) is 7.70. The number of terminal acetylenes is 1. The zero-order chi connectivity index (χ0) is 17.4. The van der Waals surface area contributed by atoms with Crippen LogP contribution in [0.4, 0.5) is 0 Å². The van der Waals surface area contributed by atoms with Gasteiger partial charge in [-0.2, -0.15) is 15.3 Å². The Morgan fingerprint density at radius 1 is 1.42 bits per heavy atom. The third kappa shape index (κ3) is 3.66. The number of rotatable bonds is 7. The van der Waals surface area contributed by atoms with Gasteiger partial charge in [-0.25, -0.2) is 0 Å². The van der Waals surface area contributed by atoms with Gasteiger partial charge in [-0.15, -0.1) is 12.3 Å². The van der Waals surface area contributed by atoms with Crippen LogP contribution in [0.25, 0.3) is 0 Å². The van der Waals surface area contributed by atoms with Crippen LogP contribution in [0.2, 0.25) is 0 Å². The number of nitrogens with zero attached hydrogens (tertiary/aromatic N) is 4. The van der Waals surface area contributed by atoms with Crippen molar-refractivity contribution in [3.05, 3.63) is 17.5 Å². The molecule has 0 atom stereocenters. The van der Waals surface area contributed by atoms with E-state index in [-0.39, 0.29) is 17.1 Å². The Kier molecular flexibility index (Phi) is 4.20. The molecule has 1 aliphatic carbocycles. The molecule has 1 amide bonds. The van der Waals surface area contributed by atoms with Gasteiger partial charge < -0.3 is 5.32 Å². The number of hydrogen-bond donors (Lipinski definition) is 1. The van der Waals surface area contributed by atoms with E-state index in [0.717, 1.165) is 12.1 Å². The van der Waals surface area contributed by atoms with E-state index in [2.05, 4.69) is 47.3 Å². The molecule has 6 heteroatoms. The highest BCUT2D eigenvalue weighted by atomic mass is 16.2. The van der Waals surface area contributed by atoms with Gasteiger partial charge >= 0.3 is 0 Å². The molecule has 1 aromatic heterocycles. The van der Waals surface area contributed by atoms with Crippen molar-refractivity contribution in [3.8, 4) is 12.3 Å². The largest absolute Gasteiger partial charge is 0.351 e. The highest BCUT2D eigenvalue weighted by Crippen LogP contribution is 2.40. The fourth-order valence-electron chi connectivity index (χ4n) is 2.79. The van der Waals surface area contributed by atoms with Gasteiger partial charge in [-0.3, -0.25) is 9.48 Å². The Balaban J connectivity index is 1.61. The Bertz CT molecular complexity index is 694. The Hall–Kier alpha value is -2.16. The molecule has 2 heterocycles. The second kappa shape index (κ2) is 6.04. The van der Waals surface area contributed by atoms with Gasteiger partial charge in [0.15, 0.2) is 5.66 Å². The van der Waals surface area contributed by atoms with E-state index in [1.54, 1.807) is 0 Å². The summed E-state index contributed by atoms with van der Waals surface area (Å²) in [5.41, 5.74) is 1.08. The maximum atomic E-state index is 12.6. The first kappa shape index (κ1) is 16.7. The topological polar surface area (TPSA) is 71.6 Å². The number of carbonyl (C=O) groups excluding carboxylic acids is 1. The highest BCUT2D eigenvalue weighted by Gasteiger charge is 2.39. The summed E-state index contributed by atoms with van der Waals surface area (Å²) in [5.74, 6) is 3.05. The standard InChI is InChI=1S/C18H25N5O/c1-5-6-9-18(21-22-18)10-11-19-16(24)15-12-14(13-7-8-13)20-23(15)17(2,3)4/h1,12-13H,6-11H2,2-4H3,(H,19,24). The third-order valence-corrected chi connectivity index (χ3v) is 4.46. The maximum absolute atomic E-state index is 12.6. The molecule has 2 aliphatic rings. The second-order valence-electron chi connectivity index (χ2n) is 7.70. The summed E-state index contributed by atoms with van der Waals surface area (Å²) in [6.45, 7) is 6.71. The van der Waals surface area contributed by atoms with Gasteiger partial charge in [0.2, 0.25) is 0 Å². The Labute approximate surface area is 143 Å². The van der Waals surface area contributed by atoms with E-state index in [0.29, 0.717) is 31.0 Å². The van der Waals surface area contributed by atoms with E-state index < -0.39 is 0 Å². The first-order valence-corrected chi connectivity index (χ1v) is 8.61. The number of aromatic nitrogens is 2. The van der Waals surface area contributed by atoms with E-state index in [1.807, 2.05) is 10.7 Å². The van der Waals surface area contributed by atoms with Crippen LogP contribution in [0.1, 0.15) is 75.0 Å². The van der Waals surface area contributed by atoms with Crippen molar-refractivity contribution in [1.29, 1.82) is 0 Å². The lowest BCUT2D eigenvalue weighted by atomic mass is 10.0. The minimum absolute atomic E-state index is 0.0860. The SMILES string of the molecule is C#CCCC1(CCNC(=O)c2cc(C3CC3)nn2C(C)(C)C)N=N1. The van der Waals surface area contributed by atoms with Gasteiger partial charge in [-0.05, 0) is 39.7 Å². The molecule has 0 aromatic carbocycles. The molecule has 128 valence electrons. The molecule has 0 saturated heterocycles. The van der Waals surface area contributed by atoms with Crippen molar-refractivity contribution in [1.82, 2.24) is 15.1 Å². The van der Waals surface area contributed by atoms with Gasteiger partial charge in [-0.1, -0.05) is 0 Å². The third-order valence-electron chi connectivity index (χ3n) is 4.46. The van der Waals surface area contributed by atoms with E-state index in [1.165, 1.54) is 12.8 Å². The summed E-state index contributed by atoms with van der Waals surface area (Å²) in [4.78, 5) is 12.6. The minimum Gasteiger partial charge on any atom is -0.351 e. The summed E-state index contributed by atoms with van der Waals surface area (Å²) in [6, 6.07) is 1.94.